The Labute approximate surface area is 63.9 Å². The third kappa shape index (κ3) is 2.57. The number of urea groups is 1. The number of hydrogen-bond donors (Lipinski definition) is 1. The van der Waals surface area contributed by atoms with Crippen molar-refractivity contribution in [2.75, 3.05) is 0 Å². The molecule has 1 aromatic carbocycles. The third-order valence-corrected chi connectivity index (χ3v) is 1.00. The Bertz CT molecular complexity index is 235. The van der Waals surface area contributed by atoms with Crippen molar-refractivity contribution in [3.63, 3.8) is 0 Å². The van der Waals surface area contributed by atoms with Gasteiger partial charge in [-0.05, 0) is 12.1 Å². The number of amides is 2. The van der Waals surface area contributed by atoms with Crippen LogP contribution in [-0.2, 0) is 0 Å². The lowest BCUT2D eigenvalue weighted by Crippen LogP contribution is -2.25. The maximum Gasteiger partial charge on any atom is 0.366 e. The van der Waals surface area contributed by atoms with E-state index in [1.165, 1.54) is 0 Å². The summed E-state index contributed by atoms with van der Waals surface area (Å²) in [5, 5.41) is 0. The molecule has 0 unspecified atom stereocenters. The maximum atomic E-state index is 10.0. The van der Waals surface area contributed by atoms with Crippen molar-refractivity contribution in [3.8, 4) is 5.75 Å². The van der Waals surface area contributed by atoms with E-state index in [1.54, 1.807) is 24.3 Å². The van der Waals surface area contributed by atoms with Crippen LogP contribution in [0.25, 0.3) is 0 Å². The summed E-state index contributed by atoms with van der Waals surface area (Å²) in [6, 6.07) is 7.76. The second-order valence-electron chi connectivity index (χ2n) is 1.85. The number of nitrogens with one attached hydrogen (secondary N) is 2. The van der Waals surface area contributed by atoms with E-state index in [2.05, 4.69) is 4.84 Å². The van der Waals surface area contributed by atoms with Crippen molar-refractivity contribution in [1.82, 2.24) is 11.2 Å². The quantitative estimate of drug-likeness (QED) is 0.640. The SMILES string of the molecule is [NH]C(=O)NOc1ccccc1. The molecule has 0 saturated heterocycles. The molecule has 1 aromatic rings. The predicted molar refractivity (Wildman–Crippen MR) is 38.7 cm³/mol. The molecule has 0 aliphatic carbocycles. The highest BCUT2D eigenvalue weighted by atomic mass is 16.7. The number of rotatable bonds is 2. The second kappa shape index (κ2) is 3.46. The van der Waals surface area contributed by atoms with Gasteiger partial charge in [0.05, 0.1) is 0 Å². The van der Waals surface area contributed by atoms with E-state index < -0.39 is 6.03 Å². The molecule has 0 atom stereocenters. The highest BCUT2D eigenvalue weighted by Crippen LogP contribution is 2.05. The fourth-order valence-electron chi connectivity index (χ4n) is 0.594. The van der Waals surface area contributed by atoms with Gasteiger partial charge in [0.15, 0.2) is 5.75 Å². The summed E-state index contributed by atoms with van der Waals surface area (Å²) in [7, 11) is 0. The number of carbonyl (C=O) groups excluding carboxylic acids is 1. The third-order valence-electron chi connectivity index (χ3n) is 1.00. The van der Waals surface area contributed by atoms with Crippen LogP contribution in [0.5, 0.6) is 5.75 Å². The van der Waals surface area contributed by atoms with Crippen LogP contribution in [-0.4, -0.2) is 6.03 Å². The average Bonchev–Trinajstić information content (AvgIpc) is 2.03. The molecule has 1 radical (unpaired) electrons. The lowest BCUT2D eigenvalue weighted by Gasteiger charge is -2.01. The smallest absolute Gasteiger partial charge is 0.366 e. The number of para-hydroxylation sites is 1. The van der Waals surface area contributed by atoms with Gasteiger partial charge in [-0.3, -0.25) is 0 Å². The van der Waals surface area contributed by atoms with Gasteiger partial charge in [-0.1, -0.05) is 18.2 Å². The fourth-order valence-corrected chi connectivity index (χ4v) is 0.594. The number of carbonyl (C=O) groups is 1. The zero-order chi connectivity index (χ0) is 8.10. The van der Waals surface area contributed by atoms with E-state index in [9.17, 15) is 4.79 Å². The van der Waals surface area contributed by atoms with E-state index in [0.717, 1.165) is 0 Å². The highest BCUT2D eigenvalue weighted by Gasteiger charge is 1.92. The Balaban J connectivity index is 2.45. The van der Waals surface area contributed by atoms with Gasteiger partial charge in [0, 0.05) is 0 Å². The van der Waals surface area contributed by atoms with Gasteiger partial charge >= 0.3 is 6.03 Å². The van der Waals surface area contributed by atoms with Gasteiger partial charge < -0.3 is 4.84 Å². The van der Waals surface area contributed by atoms with Gasteiger partial charge in [0.2, 0.25) is 0 Å². The van der Waals surface area contributed by atoms with E-state index in [0.29, 0.717) is 5.75 Å². The topological polar surface area (TPSA) is 62.1 Å². The van der Waals surface area contributed by atoms with Crippen molar-refractivity contribution >= 4 is 6.03 Å². The predicted octanol–water partition coefficient (Wildman–Crippen LogP) is 0.973. The minimum absolute atomic E-state index is 0.508. The Kier molecular flexibility index (Phi) is 2.32. The first-order chi connectivity index (χ1) is 5.29. The van der Waals surface area contributed by atoms with E-state index in [4.69, 9.17) is 5.73 Å². The molecule has 11 heavy (non-hydrogen) atoms. The summed E-state index contributed by atoms with van der Waals surface area (Å²) >= 11 is 0. The molecule has 0 aliphatic rings. The standard InChI is InChI=1S/C7H7N2O2/c8-7(10)9-11-6-4-2-1-3-5-6/h1-5,8H,(H,9,10). The Morgan fingerprint density at radius 3 is 2.55 bits per heavy atom. The van der Waals surface area contributed by atoms with Crippen LogP contribution >= 0.6 is 0 Å². The van der Waals surface area contributed by atoms with E-state index in [1.807, 2.05) is 11.5 Å². The van der Waals surface area contributed by atoms with Gasteiger partial charge in [-0.2, -0.15) is 5.48 Å². The molecule has 1 rings (SSSR count). The molecule has 0 saturated carbocycles. The largest absolute Gasteiger partial charge is 0.378 e. The summed E-state index contributed by atoms with van der Waals surface area (Å²) in [5.74, 6) is 0.508. The first-order valence-corrected chi connectivity index (χ1v) is 3.02. The van der Waals surface area contributed by atoms with Crippen molar-refractivity contribution in [2.24, 2.45) is 0 Å². The van der Waals surface area contributed by atoms with Gasteiger partial charge in [-0.25, -0.2) is 10.5 Å². The monoisotopic (exact) mass is 151 g/mol. The summed E-state index contributed by atoms with van der Waals surface area (Å²) in [6.45, 7) is 0. The first kappa shape index (κ1) is 7.40. The zero-order valence-corrected chi connectivity index (χ0v) is 5.70. The Morgan fingerprint density at radius 1 is 1.36 bits per heavy atom. The molecule has 2 N–H and O–H groups in total. The van der Waals surface area contributed by atoms with Gasteiger partial charge in [0.25, 0.3) is 0 Å². The van der Waals surface area contributed by atoms with Crippen molar-refractivity contribution in [1.29, 1.82) is 0 Å². The van der Waals surface area contributed by atoms with Crippen LogP contribution in [0.2, 0.25) is 0 Å². The first-order valence-electron chi connectivity index (χ1n) is 3.02. The summed E-state index contributed by atoms with van der Waals surface area (Å²) < 4.78 is 0. The minimum atomic E-state index is -0.964. The lowest BCUT2D eigenvalue weighted by molar-refractivity contribution is 0.184. The summed E-state index contributed by atoms with van der Waals surface area (Å²) in [6.07, 6.45) is 0. The molecule has 0 spiro atoms. The van der Waals surface area contributed by atoms with Crippen molar-refractivity contribution in [3.05, 3.63) is 30.3 Å². The molecular formula is C7H7N2O2. The summed E-state index contributed by atoms with van der Waals surface area (Å²) in [5.41, 5.74) is 8.34. The van der Waals surface area contributed by atoms with Crippen molar-refractivity contribution in [2.45, 2.75) is 0 Å². The highest BCUT2D eigenvalue weighted by molar-refractivity contribution is 5.69. The van der Waals surface area contributed by atoms with Crippen LogP contribution in [0, 0.1) is 0 Å². The molecule has 0 heterocycles. The average molecular weight is 151 g/mol. The lowest BCUT2D eigenvalue weighted by atomic mass is 10.3. The van der Waals surface area contributed by atoms with Crippen LogP contribution in [0.3, 0.4) is 0 Å². The van der Waals surface area contributed by atoms with Crippen molar-refractivity contribution < 1.29 is 9.63 Å². The van der Waals surface area contributed by atoms with Gasteiger partial charge in [-0.15, -0.1) is 0 Å². The van der Waals surface area contributed by atoms with E-state index in [-0.39, 0.29) is 0 Å². The minimum Gasteiger partial charge on any atom is -0.378 e. The molecule has 2 amide bonds. The molecule has 4 nitrogen and oxygen atoms in total. The van der Waals surface area contributed by atoms with Crippen LogP contribution in [0.4, 0.5) is 4.79 Å². The molecule has 0 bridgehead atoms. The van der Waals surface area contributed by atoms with Gasteiger partial charge in [0.1, 0.15) is 0 Å². The van der Waals surface area contributed by atoms with Crippen LogP contribution < -0.4 is 16.1 Å². The zero-order valence-electron chi connectivity index (χ0n) is 5.70. The fraction of sp³-hybridized carbons (Fsp3) is 0. The van der Waals surface area contributed by atoms with E-state index >= 15 is 0 Å². The molecule has 57 valence electrons. The maximum absolute atomic E-state index is 10.0. The number of benzene rings is 1. The molecule has 4 heteroatoms. The Hall–Kier alpha value is -1.71. The number of hydroxylamine groups is 1. The number of hydrogen-bond acceptors (Lipinski definition) is 2. The molecular weight excluding hydrogens is 144 g/mol. The molecule has 0 aromatic heterocycles. The Morgan fingerprint density at radius 2 is 2.00 bits per heavy atom. The molecule has 0 fully saturated rings. The molecule has 0 aliphatic heterocycles. The summed E-state index contributed by atoms with van der Waals surface area (Å²) in [4.78, 5) is 14.7. The normalized spacial score (nSPS) is 8.73. The second-order valence-corrected chi connectivity index (χ2v) is 1.85. The van der Waals surface area contributed by atoms with Crippen LogP contribution in [0.1, 0.15) is 0 Å². The van der Waals surface area contributed by atoms with Crippen LogP contribution in [0.15, 0.2) is 30.3 Å².